The first-order valence-corrected chi connectivity index (χ1v) is 7.64. The van der Waals surface area contributed by atoms with Crippen LogP contribution < -0.4 is 0 Å². The van der Waals surface area contributed by atoms with Gasteiger partial charge in [-0.3, -0.25) is 4.79 Å². The van der Waals surface area contributed by atoms with E-state index in [0.29, 0.717) is 5.02 Å². The van der Waals surface area contributed by atoms with Gasteiger partial charge in [0.2, 0.25) is 0 Å². The normalized spacial score (nSPS) is 27.3. The van der Waals surface area contributed by atoms with E-state index in [1.54, 1.807) is 0 Å². The maximum atomic E-state index is 12.9. The molecule has 0 bridgehead atoms. The van der Waals surface area contributed by atoms with Crippen molar-refractivity contribution in [1.82, 2.24) is 0 Å². The average molecular weight is 299 g/mol. The number of rotatable bonds is 1. The van der Waals surface area contributed by atoms with Crippen LogP contribution >= 0.6 is 11.6 Å². The predicted octanol–water partition coefficient (Wildman–Crippen LogP) is 4.37. The molecule has 1 spiro atoms. The minimum Gasteiger partial charge on any atom is -0.352 e. The third-order valence-corrected chi connectivity index (χ3v) is 4.76. The summed E-state index contributed by atoms with van der Waals surface area (Å²) in [5, 5.41) is 0.700. The van der Waals surface area contributed by atoms with Gasteiger partial charge in [0.25, 0.3) is 0 Å². The van der Waals surface area contributed by atoms with E-state index in [0.717, 1.165) is 36.0 Å². The Labute approximate surface area is 128 Å². The molecule has 2 atom stereocenters. The molecule has 0 N–H and O–H groups in total. The Hall–Kier alpha value is -1.64. The second-order valence-corrected chi connectivity index (χ2v) is 6.22. The number of ketones is 1. The summed E-state index contributed by atoms with van der Waals surface area (Å²) in [5.41, 5.74) is 2.35. The van der Waals surface area contributed by atoms with Crippen LogP contribution in [-0.2, 0) is 11.2 Å². The first kappa shape index (κ1) is 13.1. The average Bonchev–Trinajstić information content (AvgIpc) is 3.25. The summed E-state index contributed by atoms with van der Waals surface area (Å²) in [6.07, 6.45) is 2.58. The quantitative estimate of drug-likeness (QED) is 0.732. The molecule has 3 heteroatoms. The van der Waals surface area contributed by atoms with E-state index in [9.17, 15) is 4.79 Å². The van der Waals surface area contributed by atoms with Gasteiger partial charge in [0.05, 0.1) is 0 Å². The first-order chi connectivity index (χ1) is 10.2. The van der Waals surface area contributed by atoms with Crippen LogP contribution in [0.2, 0.25) is 5.02 Å². The summed E-state index contributed by atoms with van der Waals surface area (Å²) in [6, 6.07) is 15.5. The number of aryl methyl sites for hydroxylation is 1. The van der Waals surface area contributed by atoms with Gasteiger partial charge in [0, 0.05) is 10.6 Å². The Balaban J connectivity index is 1.70. The number of Topliss-reactive ketones (excluding diaryl/α,β-unsaturated/α-hetero) is 1. The highest BCUT2D eigenvalue weighted by molar-refractivity contribution is 6.30. The van der Waals surface area contributed by atoms with Crippen molar-refractivity contribution >= 4 is 17.4 Å². The molecular formula is C18H15ClO2. The molecule has 106 valence electrons. The van der Waals surface area contributed by atoms with E-state index >= 15 is 0 Å². The molecule has 1 fully saturated rings. The lowest BCUT2D eigenvalue weighted by atomic mass is 9.89. The van der Waals surface area contributed by atoms with Crippen LogP contribution in [0.1, 0.15) is 40.4 Å². The second-order valence-electron chi connectivity index (χ2n) is 5.78. The fourth-order valence-electron chi connectivity index (χ4n) is 3.36. The minimum absolute atomic E-state index is 0.131. The maximum Gasteiger partial charge on any atom is 0.197 e. The van der Waals surface area contributed by atoms with Crippen LogP contribution in [0.3, 0.4) is 0 Å². The van der Waals surface area contributed by atoms with Gasteiger partial charge in [0.15, 0.2) is 11.4 Å². The van der Waals surface area contributed by atoms with Crippen molar-refractivity contribution in [3.05, 3.63) is 70.2 Å². The summed E-state index contributed by atoms with van der Waals surface area (Å²) in [7, 11) is 0. The van der Waals surface area contributed by atoms with Crippen LogP contribution in [0.25, 0.3) is 0 Å². The van der Waals surface area contributed by atoms with Crippen molar-refractivity contribution in [3.8, 4) is 0 Å². The molecule has 1 heterocycles. The number of epoxide rings is 1. The molecule has 0 saturated carbocycles. The molecule has 2 aliphatic rings. The molecule has 21 heavy (non-hydrogen) atoms. The highest BCUT2D eigenvalue weighted by Gasteiger charge is 2.62. The van der Waals surface area contributed by atoms with E-state index in [1.165, 1.54) is 0 Å². The van der Waals surface area contributed by atoms with Crippen molar-refractivity contribution < 1.29 is 9.53 Å². The molecule has 0 amide bonds. The zero-order chi connectivity index (χ0) is 14.4. The van der Waals surface area contributed by atoms with E-state index in [-0.39, 0.29) is 11.9 Å². The van der Waals surface area contributed by atoms with Crippen molar-refractivity contribution in [3.63, 3.8) is 0 Å². The number of benzene rings is 2. The largest absolute Gasteiger partial charge is 0.352 e. The number of carbonyl (C=O) groups excluding carboxylic acids is 1. The van der Waals surface area contributed by atoms with Crippen molar-refractivity contribution in [2.45, 2.75) is 31.0 Å². The van der Waals surface area contributed by atoms with Gasteiger partial charge in [-0.05, 0) is 42.5 Å². The molecule has 2 aromatic rings. The van der Waals surface area contributed by atoms with E-state index < -0.39 is 5.60 Å². The Morgan fingerprint density at radius 2 is 1.86 bits per heavy atom. The van der Waals surface area contributed by atoms with Crippen LogP contribution in [0.15, 0.2) is 48.5 Å². The molecule has 4 rings (SSSR count). The van der Waals surface area contributed by atoms with Crippen LogP contribution in [0.5, 0.6) is 0 Å². The molecule has 2 nitrogen and oxygen atoms in total. The van der Waals surface area contributed by atoms with Gasteiger partial charge in [-0.2, -0.15) is 0 Å². The van der Waals surface area contributed by atoms with Crippen LogP contribution in [0, 0.1) is 0 Å². The SMILES string of the molecule is O=C1c2ccccc2CCC[C@]12O[C@H]2c1ccc(Cl)cc1. The number of hydrogen-bond acceptors (Lipinski definition) is 2. The Morgan fingerprint density at radius 3 is 2.67 bits per heavy atom. The molecule has 1 aliphatic carbocycles. The van der Waals surface area contributed by atoms with Crippen LogP contribution in [0.4, 0.5) is 0 Å². The van der Waals surface area contributed by atoms with Gasteiger partial charge in [-0.25, -0.2) is 0 Å². The van der Waals surface area contributed by atoms with E-state index in [2.05, 4.69) is 0 Å². The smallest absolute Gasteiger partial charge is 0.197 e. The third kappa shape index (κ3) is 2.02. The lowest BCUT2D eigenvalue weighted by Crippen LogP contribution is -2.24. The summed E-state index contributed by atoms with van der Waals surface area (Å²) in [6.45, 7) is 0. The van der Waals surface area contributed by atoms with Gasteiger partial charge >= 0.3 is 0 Å². The number of halogens is 1. The van der Waals surface area contributed by atoms with Gasteiger partial charge in [-0.15, -0.1) is 0 Å². The summed E-state index contributed by atoms with van der Waals surface area (Å²) < 4.78 is 5.93. The standard InChI is InChI=1S/C18H15ClO2/c19-14-9-7-13(8-10-14)17-18(21-17)11-3-5-12-4-1-2-6-15(12)16(18)20/h1-2,4,6-10,17H,3,5,11H2/t17-,18-/m0/s1. The lowest BCUT2D eigenvalue weighted by molar-refractivity contribution is 0.0867. The van der Waals surface area contributed by atoms with Crippen molar-refractivity contribution in [2.75, 3.05) is 0 Å². The van der Waals surface area contributed by atoms with E-state index in [4.69, 9.17) is 16.3 Å². The number of fused-ring (bicyclic) bond motifs is 1. The fourth-order valence-corrected chi connectivity index (χ4v) is 3.48. The highest BCUT2D eigenvalue weighted by atomic mass is 35.5. The predicted molar refractivity (Wildman–Crippen MR) is 81.7 cm³/mol. The van der Waals surface area contributed by atoms with Crippen molar-refractivity contribution in [1.29, 1.82) is 0 Å². The monoisotopic (exact) mass is 298 g/mol. The Kier molecular flexibility index (Phi) is 2.91. The summed E-state index contributed by atoms with van der Waals surface area (Å²) in [5.74, 6) is 0.135. The van der Waals surface area contributed by atoms with Crippen molar-refractivity contribution in [2.24, 2.45) is 0 Å². The minimum atomic E-state index is -0.652. The Morgan fingerprint density at radius 1 is 1.10 bits per heavy atom. The van der Waals surface area contributed by atoms with Gasteiger partial charge in [-0.1, -0.05) is 48.0 Å². The maximum absolute atomic E-state index is 12.9. The molecule has 2 aromatic carbocycles. The number of carbonyl (C=O) groups is 1. The molecular weight excluding hydrogens is 284 g/mol. The summed E-state index contributed by atoms with van der Waals surface area (Å²) in [4.78, 5) is 12.9. The van der Waals surface area contributed by atoms with Crippen LogP contribution in [-0.4, -0.2) is 11.4 Å². The topological polar surface area (TPSA) is 29.6 Å². The highest BCUT2D eigenvalue weighted by Crippen LogP contribution is 2.55. The third-order valence-electron chi connectivity index (χ3n) is 4.51. The zero-order valence-electron chi connectivity index (χ0n) is 11.5. The first-order valence-electron chi connectivity index (χ1n) is 7.27. The molecule has 0 aromatic heterocycles. The lowest BCUT2D eigenvalue weighted by Gasteiger charge is -2.09. The fraction of sp³-hybridized carbons (Fsp3) is 0.278. The molecule has 0 unspecified atom stereocenters. The zero-order valence-corrected chi connectivity index (χ0v) is 12.3. The molecule has 1 saturated heterocycles. The summed E-state index contributed by atoms with van der Waals surface area (Å²) >= 11 is 5.93. The Bertz CT molecular complexity index is 707. The number of hydrogen-bond donors (Lipinski definition) is 0. The second kappa shape index (κ2) is 4.69. The van der Waals surface area contributed by atoms with E-state index in [1.807, 2.05) is 48.5 Å². The van der Waals surface area contributed by atoms with Gasteiger partial charge in [0.1, 0.15) is 6.10 Å². The molecule has 1 aliphatic heterocycles. The van der Waals surface area contributed by atoms with Gasteiger partial charge < -0.3 is 4.74 Å². The molecule has 0 radical (unpaired) electrons. The number of ether oxygens (including phenoxy) is 1.